The van der Waals surface area contributed by atoms with Gasteiger partial charge in [-0.1, -0.05) is 0 Å². The standard InChI is InChI=1S/C17H20N4O4/c1-23-13-7-6-12(15(24-2)16(13)25-3)17(22)21-9-11(10-21)19-14-5-4-8-18-20-14/h4-8,11H,9-10H2,1-3H3,(H,19,20). The minimum atomic E-state index is -0.116. The first-order chi connectivity index (χ1) is 12.2. The highest BCUT2D eigenvalue weighted by molar-refractivity contribution is 5.99. The van der Waals surface area contributed by atoms with Crippen LogP contribution in [0.4, 0.5) is 5.82 Å². The molecule has 0 saturated carbocycles. The van der Waals surface area contributed by atoms with Crippen LogP contribution in [0.3, 0.4) is 0 Å². The summed E-state index contributed by atoms with van der Waals surface area (Å²) in [5.74, 6) is 1.88. The normalized spacial score (nSPS) is 13.8. The van der Waals surface area contributed by atoms with Gasteiger partial charge in [0, 0.05) is 19.3 Å². The topological polar surface area (TPSA) is 85.8 Å². The van der Waals surface area contributed by atoms with Gasteiger partial charge in [0.05, 0.1) is 32.9 Å². The van der Waals surface area contributed by atoms with E-state index >= 15 is 0 Å². The summed E-state index contributed by atoms with van der Waals surface area (Å²) in [6, 6.07) is 7.18. The van der Waals surface area contributed by atoms with Crippen molar-refractivity contribution in [3.63, 3.8) is 0 Å². The Morgan fingerprint density at radius 3 is 2.48 bits per heavy atom. The number of nitrogens with one attached hydrogen (secondary N) is 1. The Morgan fingerprint density at radius 2 is 1.88 bits per heavy atom. The molecule has 2 heterocycles. The van der Waals surface area contributed by atoms with E-state index in [1.807, 2.05) is 12.1 Å². The number of carbonyl (C=O) groups excluding carboxylic acids is 1. The van der Waals surface area contributed by atoms with Gasteiger partial charge in [-0.05, 0) is 24.3 Å². The highest BCUT2D eigenvalue weighted by atomic mass is 16.5. The zero-order valence-electron chi connectivity index (χ0n) is 14.4. The van der Waals surface area contributed by atoms with Gasteiger partial charge in [0.25, 0.3) is 5.91 Å². The number of ether oxygens (including phenoxy) is 3. The molecular weight excluding hydrogens is 324 g/mol. The van der Waals surface area contributed by atoms with Gasteiger partial charge in [0.15, 0.2) is 11.5 Å². The quantitative estimate of drug-likeness (QED) is 0.848. The van der Waals surface area contributed by atoms with Crippen molar-refractivity contribution in [2.24, 2.45) is 0 Å². The number of hydrogen-bond donors (Lipinski definition) is 1. The van der Waals surface area contributed by atoms with Crippen LogP contribution in [-0.2, 0) is 0 Å². The summed E-state index contributed by atoms with van der Waals surface area (Å²) in [5.41, 5.74) is 0.443. The lowest BCUT2D eigenvalue weighted by molar-refractivity contribution is 0.0620. The molecule has 0 bridgehead atoms. The third kappa shape index (κ3) is 3.28. The molecule has 0 atom stereocenters. The number of anilines is 1. The predicted molar refractivity (Wildman–Crippen MR) is 91.4 cm³/mol. The first-order valence-electron chi connectivity index (χ1n) is 7.80. The van der Waals surface area contributed by atoms with E-state index in [2.05, 4.69) is 15.5 Å². The molecule has 1 aromatic heterocycles. The summed E-state index contributed by atoms with van der Waals surface area (Å²) < 4.78 is 16.0. The molecule has 25 heavy (non-hydrogen) atoms. The van der Waals surface area contributed by atoms with Gasteiger partial charge in [-0.15, -0.1) is 5.10 Å². The Balaban J connectivity index is 1.70. The molecule has 0 unspecified atom stereocenters. The van der Waals surface area contributed by atoms with Crippen LogP contribution in [0.25, 0.3) is 0 Å². The summed E-state index contributed by atoms with van der Waals surface area (Å²) in [7, 11) is 4.55. The third-order valence-electron chi connectivity index (χ3n) is 4.03. The molecule has 0 spiro atoms. The number of hydrogen-bond acceptors (Lipinski definition) is 7. The monoisotopic (exact) mass is 344 g/mol. The van der Waals surface area contributed by atoms with Crippen LogP contribution in [0.2, 0.25) is 0 Å². The van der Waals surface area contributed by atoms with E-state index in [1.165, 1.54) is 21.3 Å². The van der Waals surface area contributed by atoms with Crippen LogP contribution in [0.15, 0.2) is 30.5 Å². The van der Waals surface area contributed by atoms with Crippen LogP contribution >= 0.6 is 0 Å². The van der Waals surface area contributed by atoms with Crippen LogP contribution in [0, 0.1) is 0 Å². The van der Waals surface area contributed by atoms with Gasteiger partial charge in [0.2, 0.25) is 5.75 Å². The van der Waals surface area contributed by atoms with Gasteiger partial charge in [-0.25, -0.2) is 0 Å². The summed E-state index contributed by atoms with van der Waals surface area (Å²) in [5, 5.41) is 11.0. The third-order valence-corrected chi connectivity index (χ3v) is 4.03. The lowest BCUT2D eigenvalue weighted by atomic mass is 10.1. The highest BCUT2D eigenvalue weighted by Gasteiger charge is 2.33. The molecule has 0 radical (unpaired) electrons. The lowest BCUT2D eigenvalue weighted by Crippen LogP contribution is -2.57. The summed E-state index contributed by atoms with van der Waals surface area (Å²) in [6.07, 6.45) is 1.62. The van der Waals surface area contributed by atoms with Gasteiger partial charge in [0.1, 0.15) is 5.82 Å². The first-order valence-corrected chi connectivity index (χ1v) is 7.80. The maximum absolute atomic E-state index is 12.8. The number of likely N-dealkylation sites (tertiary alicyclic amines) is 1. The Hall–Kier alpha value is -3.03. The zero-order chi connectivity index (χ0) is 17.8. The van der Waals surface area contributed by atoms with E-state index in [-0.39, 0.29) is 11.9 Å². The molecule has 2 aromatic rings. The van der Waals surface area contributed by atoms with Crippen molar-refractivity contribution >= 4 is 11.7 Å². The SMILES string of the molecule is COc1ccc(C(=O)N2CC(Nc3cccnn3)C2)c(OC)c1OC. The second-order valence-electron chi connectivity index (χ2n) is 5.54. The summed E-state index contributed by atoms with van der Waals surface area (Å²) in [6.45, 7) is 1.15. The molecule has 1 aliphatic rings. The highest BCUT2D eigenvalue weighted by Crippen LogP contribution is 2.40. The van der Waals surface area contributed by atoms with E-state index < -0.39 is 0 Å². The maximum Gasteiger partial charge on any atom is 0.257 e. The number of methoxy groups -OCH3 is 3. The van der Waals surface area contributed by atoms with Gasteiger partial charge in [-0.2, -0.15) is 5.10 Å². The molecule has 1 amide bonds. The molecule has 1 fully saturated rings. The Morgan fingerprint density at radius 1 is 1.12 bits per heavy atom. The van der Waals surface area contributed by atoms with E-state index in [1.54, 1.807) is 23.2 Å². The Bertz CT molecular complexity index is 748. The van der Waals surface area contributed by atoms with Crippen LogP contribution < -0.4 is 19.5 Å². The van der Waals surface area contributed by atoms with Crippen molar-refractivity contribution < 1.29 is 19.0 Å². The van der Waals surface area contributed by atoms with Crippen molar-refractivity contribution in [3.8, 4) is 17.2 Å². The van der Waals surface area contributed by atoms with Crippen molar-refractivity contribution in [2.75, 3.05) is 39.7 Å². The van der Waals surface area contributed by atoms with Crippen molar-refractivity contribution in [1.82, 2.24) is 15.1 Å². The molecule has 132 valence electrons. The second kappa shape index (κ2) is 7.25. The average Bonchev–Trinajstić information content (AvgIpc) is 2.63. The number of carbonyl (C=O) groups is 1. The summed E-state index contributed by atoms with van der Waals surface area (Å²) >= 11 is 0. The molecule has 8 nitrogen and oxygen atoms in total. The van der Waals surface area contributed by atoms with Gasteiger partial charge >= 0.3 is 0 Å². The average molecular weight is 344 g/mol. The van der Waals surface area contributed by atoms with E-state index in [0.29, 0.717) is 41.7 Å². The minimum Gasteiger partial charge on any atom is -0.493 e. The fraction of sp³-hybridized carbons (Fsp3) is 0.353. The number of aromatic nitrogens is 2. The second-order valence-corrected chi connectivity index (χ2v) is 5.54. The molecule has 0 aliphatic carbocycles. The minimum absolute atomic E-state index is 0.116. The fourth-order valence-electron chi connectivity index (χ4n) is 2.76. The van der Waals surface area contributed by atoms with Crippen LogP contribution in [0.5, 0.6) is 17.2 Å². The van der Waals surface area contributed by atoms with E-state index in [4.69, 9.17) is 14.2 Å². The maximum atomic E-state index is 12.8. The number of benzene rings is 1. The summed E-state index contributed by atoms with van der Waals surface area (Å²) in [4.78, 5) is 14.5. The zero-order valence-corrected chi connectivity index (χ0v) is 14.4. The number of rotatable bonds is 6. The Labute approximate surface area is 145 Å². The molecule has 8 heteroatoms. The molecule has 1 saturated heterocycles. The number of amides is 1. The van der Waals surface area contributed by atoms with Gasteiger partial charge in [-0.3, -0.25) is 4.79 Å². The van der Waals surface area contributed by atoms with E-state index in [0.717, 1.165) is 0 Å². The van der Waals surface area contributed by atoms with Gasteiger partial charge < -0.3 is 24.4 Å². The first kappa shape index (κ1) is 16.8. The lowest BCUT2D eigenvalue weighted by Gasteiger charge is -2.40. The predicted octanol–water partition coefficient (Wildman–Crippen LogP) is 1.44. The smallest absolute Gasteiger partial charge is 0.257 e. The van der Waals surface area contributed by atoms with Crippen molar-refractivity contribution in [3.05, 3.63) is 36.0 Å². The molecule has 1 aliphatic heterocycles. The van der Waals surface area contributed by atoms with Crippen molar-refractivity contribution in [2.45, 2.75) is 6.04 Å². The molecule has 1 N–H and O–H groups in total. The fourth-order valence-corrected chi connectivity index (χ4v) is 2.76. The van der Waals surface area contributed by atoms with Crippen molar-refractivity contribution in [1.29, 1.82) is 0 Å². The van der Waals surface area contributed by atoms with E-state index in [9.17, 15) is 4.79 Å². The molecule has 3 rings (SSSR count). The Kier molecular flexibility index (Phi) is 4.87. The molecular formula is C17H20N4O4. The van der Waals surface area contributed by atoms with Crippen LogP contribution in [0.1, 0.15) is 10.4 Å². The van der Waals surface area contributed by atoms with Crippen LogP contribution in [-0.4, -0.2) is 61.5 Å². The molecule has 1 aromatic carbocycles. The number of nitrogens with zero attached hydrogens (tertiary/aromatic N) is 3. The largest absolute Gasteiger partial charge is 0.493 e.